The number of hydrogen-bond donors (Lipinski definition) is 2. The van der Waals surface area contributed by atoms with E-state index in [0.29, 0.717) is 12.3 Å². The predicted molar refractivity (Wildman–Crippen MR) is 91.2 cm³/mol. The van der Waals surface area contributed by atoms with E-state index in [4.69, 9.17) is 5.73 Å². The molecule has 0 radical (unpaired) electrons. The lowest BCUT2D eigenvalue weighted by molar-refractivity contribution is -0.152. The normalized spacial score (nSPS) is 28.9. The zero-order valence-electron chi connectivity index (χ0n) is 14.1. The van der Waals surface area contributed by atoms with Gasteiger partial charge in [-0.3, -0.25) is 4.79 Å². The van der Waals surface area contributed by atoms with Crippen LogP contribution in [0.5, 0.6) is 0 Å². The highest BCUT2D eigenvalue weighted by atomic mass is 16.4. The molecule has 5 heteroatoms. The number of carbonyl (C=O) groups excluding carboxylic acids is 1. The molecule has 0 bridgehead atoms. The molecule has 2 aliphatic rings. The number of carboxylic acids is 1. The van der Waals surface area contributed by atoms with Crippen molar-refractivity contribution < 1.29 is 14.7 Å². The summed E-state index contributed by atoms with van der Waals surface area (Å²) in [6.07, 6.45) is 4.72. The van der Waals surface area contributed by atoms with E-state index in [1.165, 1.54) is 0 Å². The molecular weight excluding hydrogens is 304 g/mol. The van der Waals surface area contributed by atoms with E-state index >= 15 is 0 Å². The van der Waals surface area contributed by atoms with Crippen LogP contribution in [-0.4, -0.2) is 34.0 Å². The molecule has 1 aliphatic heterocycles. The average Bonchev–Trinajstić information content (AvgIpc) is 3.00. The number of benzene rings is 1. The van der Waals surface area contributed by atoms with Gasteiger partial charge < -0.3 is 15.7 Å². The van der Waals surface area contributed by atoms with Crippen molar-refractivity contribution >= 4 is 11.9 Å². The topological polar surface area (TPSA) is 83.6 Å². The number of nitrogens with two attached hydrogens (primary N) is 1. The molecule has 24 heavy (non-hydrogen) atoms. The molecule has 1 aromatic carbocycles. The third-order valence-electron chi connectivity index (χ3n) is 5.74. The van der Waals surface area contributed by atoms with Crippen molar-refractivity contribution in [2.45, 2.75) is 57.2 Å². The molecule has 1 aromatic rings. The molecule has 0 aromatic heterocycles. The summed E-state index contributed by atoms with van der Waals surface area (Å²) in [5.74, 6) is -1.12. The van der Waals surface area contributed by atoms with Crippen LogP contribution in [-0.2, 0) is 9.59 Å². The SMILES string of the molecule is CC(C(=O)N1C(C(=O)O)CC2CCCCC21)C(N)c1ccccc1. The smallest absolute Gasteiger partial charge is 0.326 e. The van der Waals surface area contributed by atoms with Gasteiger partial charge in [-0.25, -0.2) is 4.79 Å². The number of hydrogen-bond acceptors (Lipinski definition) is 3. The van der Waals surface area contributed by atoms with E-state index in [0.717, 1.165) is 31.2 Å². The Labute approximate surface area is 142 Å². The zero-order valence-corrected chi connectivity index (χ0v) is 14.1. The number of rotatable bonds is 4. The van der Waals surface area contributed by atoms with Gasteiger partial charge in [-0.1, -0.05) is 50.1 Å². The molecule has 1 saturated carbocycles. The maximum Gasteiger partial charge on any atom is 0.326 e. The van der Waals surface area contributed by atoms with Crippen LogP contribution in [0.15, 0.2) is 30.3 Å². The maximum absolute atomic E-state index is 13.1. The first-order valence-electron chi connectivity index (χ1n) is 8.86. The number of likely N-dealkylation sites (tertiary alicyclic amines) is 1. The van der Waals surface area contributed by atoms with E-state index in [2.05, 4.69) is 0 Å². The predicted octanol–water partition coefficient (Wildman–Crippen LogP) is 2.57. The summed E-state index contributed by atoms with van der Waals surface area (Å²) in [6, 6.07) is 8.49. The second-order valence-corrected chi connectivity index (χ2v) is 7.17. The Hall–Kier alpha value is -1.88. The van der Waals surface area contributed by atoms with Crippen LogP contribution >= 0.6 is 0 Å². The lowest BCUT2D eigenvalue weighted by Gasteiger charge is -2.35. The van der Waals surface area contributed by atoms with Gasteiger partial charge in [-0.05, 0) is 30.7 Å². The van der Waals surface area contributed by atoms with Crippen molar-refractivity contribution in [3.05, 3.63) is 35.9 Å². The van der Waals surface area contributed by atoms with Gasteiger partial charge in [0, 0.05) is 12.1 Å². The van der Waals surface area contributed by atoms with Crippen molar-refractivity contribution in [2.24, 2.45) is 17.6 Å². The van der Waals surface area contributed by atoms with E-state index in [-0.39, 0.29) is 11.9 Å². The molecule has 1 amide bonds. The largest absolute Gasteiger partial charge is 0.480 e. The minimum Gasteiger partial charge on any atom is -0.480 e. The molecular formula is C19H26N2O3. The van der Waals surface area contributed by atoms with Crippen LogP contribution in [0, 0.1) is 11.8 Å². The Morgan fingerprint density at radius 3 is 2.54 bits per heavy atom. The molecule has 1 heterocycles. The highest BCUT2D eigenvalue weighted by molar-refractivity contribution is 5.86. The van der Waals surface area contributed by atoms with E-state index in [1.54, 1.807) is 4.90 Å². The first-order chi connectivity index (χ1) is 11.5. The number of carbonyl (C=O) groups is 2. The Morgan fingerprint density at radius 2 is 1.88 bits per heavy atom. The van der Waals surface area contributed by atoms with Crippen LogP contribution in [0.4, 0.5) is 0 Å². The summed E-state index contributed by atoms with van der Waals surface area (Å²) in [5, 5.41) is 9.59. The van der Waals surface area contributed by atoms with Gasteiger partial charge in [-0.15, -0.1) is 0 Å². The second kappa shape index (κ2) is 6.93. The molecule has 5 nitrogen and oxygen atoms in total. The average molecular weight is 330 g/mol. The standard InChI is InChI=1S/C19H26N2O3/c1-12(17(20)13-7-3-2-4-8-13)18(22)21-15-10-6-5-9-14(15)11-16(21)19(23)24/h2-4,7-8,12,14-17H,5-6,9-11,20H2,1H3,(H,23,24). The summed E-state index contributed by atoms with van der Waals surface area (Å²) >= 11 is 0. The number of aliphatic carboxylic acids is 1. The molecule has 5 unspecified atom stereocenters. The highest BCUT2D eigenvalue weighted by Crippen LogP contribution is 2.41. The Morgan fingerprint density at radius 1 is 1.21 bits per heavy atom. The van der Waals surface area contributed by atoms with E-state index in [1.807, 2.05) is 37.3 Å². The zero-order chi connectivity index (χ0) is 17.3. The van der Waals surface area contributed by atoms with Crippen molar-refractivity contribution in [2.75, 3.05) is 0 Å². The van der Waals surface area contributed by atoms with Gasteiger partial charge in [0.05, 0.1) is 5.92 Å². The molecule has 5 atom stereocenters. The summed E-state index contributed by atoms with van der Waals surface area (Å²) in [7, 11) is 0. The number of amides is 1. The fourth-order valence-electron chi connectivity index (χ4n) is 4.35. The van der Waals surface area contributed by atoms with Crippen LogP contribution in [0.25, 0.3) is 0 Å². The van der Waals surface area contributed by atoms with Gasteiger partial charge in [0.2, 0.25) is 5.91 Å². The first-order valence-corrected chi connectivity index (χ1v) is 8.86. The van der Waals surface area contributed by atoms with Crippen LogP contribution in [0.2, 0.25) is 0 Å². The summed E-state index contributed by atoms with van der Waals surface area (Å²) in [5.41, 5.74) is 7.21. The minimum atomic E-state index is -0.891. The molecule has 0 spiro atoms. The van der Waals surface area contributed by atoms with Crippen molar-refractivity contribution in [1.29, 1.82) is 0 Å². The van der Waals surface area contributed by atoms with Crippen molar-refractivity contribution in [1.82, 2.24) is 4.90 Å². The molecule has 1 aliphatic carbocycles. The van der Waals surface area contributed by atoms with Gasteiger partial charge in [0.25, 0.3) is 0 Å². The second-order valence-electron chi connectivity index (χ2n) is 7.17. The highest BCUT2D eigenvalue weighted by Gasteiger charge is 2.48. The number of carboxylic acid groups (broad SMARTS) is 1. The van der Waals surface area contributed by atoms with E-state index < -0.39 is 24.0 Å². The fourth-order valence-corrected chi connectivity index (χ4v) is 4.35. The van der Waals surface area contributed by atoms with Crippen LogP contribution < -0.4 is 5.73 Å². The fraction of sp³-hybridized carbons (Fsp3) is 0.579. The van der Waals surface area contributed by atoms with Crippen LogP contribution in [0.3, 0.4) is 0 Å². The minimum absolute atomic E-state index is 0.0674. The van der Waals surface area contributed by atoms with Crippen molar-refractivity contribution in [3.8, 4) is 0 Å². The van der Waals surface area contributed by atoms with Gasteiger partial charge in [0.1, 0.15) is 6.04 Å². The number of nitrogens with zero attached hydrogens (tertiary/aromatic N) is 1. The Bertz CT molecular complexity index is 604. The van der Waals surface area contributed by atoms with Gasteiger partial charge in [-0.2, -0.15) is 0 Å². The molecule has 3 N–H and O–H groups in total. The molecule has 130 valence electrons. The lowest BCUT2D eigenvalue weighted by atomic mass is 9.84. The third kappa shape index (κ3) is 3.05. The molecule has 2 fully saturated rings. The van der Waals surface area contributed by atoms with Gasteiger partial charge in [0.15, 0.2) is 0 Å². The van der Waals surface area contributed by atoms with E-state index in [9.17, 15) is 14.7 Å². The molecule has 1 saturated heterocycles. The van der Waals surface area contributed by atoms with Gasteiger partial charge >= 0.3 is 5.97 Å². The summed E-state index contributed by atoms with van der Waals surface area (Å²) in [6.45, 7) is 1.81. The monoisotopic (exact) mass is 330 g/mol. The van der Waals surface area contributed by atoms with Crippen molar-refractivity contribution in [3.63, 3.8) is 0 Å². The summed E-state index contributed by atoms with van der Waals surface area (Å²) < 4.78 is 0. The first kappa shape index (κ1) is 17.0. The Balaban J connectivity index is 1.82. The lowest BCUT2D eigenvalue weighted by Crippen LogP contribution is -2.49. The quantitative estimate of drug-likeness (QED) is 0.889. The molecule has 3 rings (SSSR count). The maximum atomic E-state index is 13.1. The summed E-state index contributed by atoms with van der Waals surface area (Å²) in [4.78, 5) is 26.5. The third-order valence-corrected chi connectivity index (χ3v) is 5.74. The Kier molecular flexibility index (Phi) is 4.90. The number of fused-ring (bicyclic) bond motifs is 1. The van der Waals surface area contributed by atoms with Crippen LogP contribution in [0.1, 0.15) is 50.6 Å².